The fraction of sp³-hybridized carbons (Fsp3) is 0.556. The smallest absolute Gasteiger partial charge is 0.348 e. The first kappa shape index (κ1) is 10.7. The molecule has 0 bridgehead atoms. The first-order chi connectivity index (χ1) is 5.61. The van der Waals surface area contributed by atoms with Crippen LogP contribution >= 0.6 is 0 Å². The molecular weight excluding hydrogens is 154 g/mol. The average molecular weight is 167 g/mol. The molecule has 0 aliphatic rings. The van der Waals surface area contributed by atoms with Crippen LogP contribution in [0.1, 0.15) is 27.2 Å². The van der Waals surface area contributed by atoms with Gasteiger partial charge in [0, 0.05) is 0 Å². The van der Waals surface area contributed by atoms with Gasteiger partial charge in [-0.2, -0.15) is 5.26 Å². The summed E-state index contributed by atoms with van der Waals surface area (Å²) < 4.78 is 4.83. The number of carbonyl (C=O) groups excluding carboxylic acids is 1. The maximum Gasteiger partial charge on any atom is 0.348 e. The Morgan fingerprint density at radius 1 is 1.67 bits per heavy atom. The molecule has 0 rings (SSSR count). The third-order valence-electron chi connectivity index (χ3n) is 1.09. The summed E-state index contributed by atoms with van der Waals surface area (Å²) in [6.07, 6.45) is 2.05. The zero-order valence-corrected chi connectivity index (χ0v) is 7.63. The number of esters is 1. The Balaban J connectivity index is 4.26. The van der Waals surface area contributed by atoms with Crippen molar-refractivity contribution in [1.82, 2.24) is 0 Å². The van der Waals surface area contributed by atoms with Crippen molar-refractivity contribution in [2.45, 2.75) is 33.3 Å². The molecule has 0 unspecified atom stereocenters. The molecule has 0 heterocycles. The van der Waals surface area contributed by atoms with E-state index in [4.69, 9.17) is 10.00 Å². The number of ether oxygens (including phenoxy) is 1. The highest BCUT2D eigenvalue weighted by Gasteiger charge is 2.10. The summed E-state index contributed by atoms with van der Waals surface area (Å²) in [7, 11) is 0. The molecule has 12 heavy (non-hydrogen) atoms. The first-order valence-corrected chi connectivity index (χ1v) is 3.93. The first-order valence-electron chi connectivity index (χ1n) is 3.93. The topological polar surface area (TPSA) is 50.1 Å². The van der Waals surface area contributed by atoms with E-state index in [1.54, 1.807) is 26.0 Å². The summed E-state index contributed by atoms with van der Waals surface area (Å²) in [5.74, 6) is -0.533. The van der Waals surface area contributed by atoms with Crippen molar-refractivity contribution in [3.8, 4) is 6.07 Å². The highest BCUT2D eigenvalue weighted by atomic mass is 16.5. The molecule has 0 aliphatic carbocycles. The minimum atomic E-state index is -0.533. The second-order valence-corrected chi connectivity index (χ2v) is 2.59. The van der Waals surface area contributed by atoms with Gasteiger partial charge in [0.25, 0.3) is 0 Å². The minimum Gasteiger partial charge on any atom is -0.459 e. The van der Waals surface area contributed by atoms with E-state index in [1.807, 2.05) is 6.92 Å². The maximum absolute atomic E-state index is 11.1. The summed E-state index contributed by atoms with van der Waals surface area (Å²) in [6.45, 7) is 5.36. The molecule has 3 heteroatoms. The highest BCUT2D eigenvalue weighted by molar-refractivity contribution is 5.92. The summed E-state index contributed by atoms with van der Waals surface area (Å²) in [6, 6.07) is 1.79. The van der Waals surface area contributed by atoms with E-state index in [1.165, 1.54) is 0 Å². The summed E-state index contributed by atoms with van der Waals surface area (Å²) >= 11 is 0. The van der Waals surface area contributed by atoms with E-state index in [-0.39, 0.29) is 11.7 Å². The van der Waals surface area contributed by atoms with Gasteiger partial charge < -0.3 is 4.74 Å². The van der Waals surface area contributed by atoms with E-state index >= 15 is 0 Å². The molecule has 0 aromatic carbocycles. The van der Waals surface area contributed by atoms with Crippen molar-refractivity contribution in [2.24, 2.45) is 0 Å². The quantitative estimate of drug-likeness (QED) is 0.366. The van der Waals surface area contributed by atoms with Crippen LogP contribution in [0.15, 0.2) is 11.6 Å². The van der Waals surface area contributed by atoms with E-state index in [0.717, 1.165) is 0 Å². The second-order valence-electron chi connectivity index (χ2n) is 2.59. The Morgan fingerprint density at radius 2 is 2.25 bits per heavy atom. The summed E-state index contributed by atoms with van der Waals surface area (Å²) in [4.78, 5) is 11.1. The molecule has 3 nitrogen and oxygen atoms in total. The van der Waals surface area contributed by atoms with Gasteiger partial charge in [-0.1, -0.05) is 13.0 Å². The van der Waals surface area contributed by atoms with Gasteiger partial charge in [0.1, 0.15) is 11.6 Å². The molecule has 0 radical (unpaired) electrons. The molecule has 0 aliphatic heterocycles. The third-order valence-corrected chi connectivity index (χ3v) is 1.09. The number of hydrogen-bond acceptors (Lipinski definition) is 3. The van der Waals surface area contributed by atoms with Crippen LogP contribution in [0.5, 0.6) is 0 Å². The van der Waals surface area contributed by atoms with Crippen LogP contribution in [0.4, 0.5) is 0 Å². The zero-order chi connectivity index (χ0) is 9.56. The zero-order valence-electron chi connectivity index (χ0n) is 7.63. The number of allylic oxidation sites excluding steroid dienone is 1. The van der Waals surface area contributed by atoms with Gasteiger partial charge in [-0.25, -0.2) is 4.79 Å². The van der Waals surface area contributed by atoms with Crippen LogP contribution in [-0.4, -0.2) is 12.1 Å². The second kappa shape index (κ2) is 5.36. The van der Waals surface area contributed by atoms with Crippen LogP contribution < -0.4 is 0 Å². The molecule has 0 saturated heterocycles. The van der Waals surface area contributed by atoms with Gasteiger partial charge in [0.2, 0.25) is 0 Å². The Hall–Kier alpha value is -1.30. The number of nitriles is 1. The van der Waals surface area contributed by atoms with Gasteiger partial charge in [-0.05, 0) is 20.3 Å². The average Bonchev–Trinajstić information content (AvgIpc) is 1.98. The lowest BCUT2D eigenvalue weighted by Crippen LogP contribution is -2.12. The number of rotatable bonds is 3. The predicted molar refractivity (Wildman–Crippen MR) is 45.2 cm³/mol. The largest absolute Gasteiger partial charge is 0.459 e. The molecule has 0 N–H and O–H groups in total. The number of nitrogens with zero attached hydrogens (tertiary/aromatic N) is 1. The van der Waals surface area contributed by atoms with Crippen LogP contribution in [-0.2, 0) is 9.53 Å². The standard InChI is InChI=1S/C9H13NO2/c1-4-5-8(6-10)9(11)12-7(2)3/h5,7H,4H2,1-3H3. The van der Waals surface area contributed by atoms with Crippen molar-refractivity contribution in [3.05, 3.63) is 11.6 Å². The fourth-order valence-corrected chi connectivity index (χ4v) is 0.656. The van der Waals surface area contributed by atoms with Crippen molar-refractivity contribution in [3.63, 3.8) is 0 Å². The lowest BCUT2D eigenvalue weighted by Gasteiger charge is -2.05. The Kier molecular flexibility index (Phi) is 4.78. The van der Waals surface area contributed by atoms with Gasteiger partial charge in [0.15, 0.2) is 0 Å². The SMILES string of the molecule is CCC=C(C#N)C(=O)OC(C)C. The molecule has 66 valence electrons. The summed E-state index contributed by atoms with van der Waals surface area (Å²) in [5, 5.41) is 8.52. The Morgan fingerprint density at radius 3 is 2.58 bits per heavy atom. The fourth-order valence-electron chi connectivity index (χ4n) is 0.656. The van der Waals surface area contributed by atoms with Crippen molar-refractivity contribution < 1.29 is 9.53 Å². The molecule has 0 spiro atoms. The van der Waals surface area contributed by atoms with E-state index in [9.17, 15) is 4.79 Å². The lowest BCUT2D eigenvalue weighted by atomic mass is 10.2. The Bertz CT molecular complexity index is 223. The third kappa shape index (κ3) is 3.77. The number of carbonyl (C=O) groups is 1. The van der Waals surface area contributed by atoms with Crippen LogP contribution in [0.3, 0.4) is 0 Å². The molecule has 0 aromatic rings. The van der Waals surface area contributed by atoms with Crippen LogP contribution in [0.25, 0.3) is 0 Å². The Labute approximate surface area is 72.6 Å². The molecular formula is C9H13NO2. The van der Waals surface area contributed by atoms with Crippen LogP contribution in [0, 0.1) is 11.3 Å². The van der Waals surface area contributed by atoms with Gasteiger partial charge >= 0.3 is 5.97 Å². The van der Waals surface area contributed by atoms with Crippen molar-refractivity contribution >= 4 is 5.97 Å². The van der Waals surface area contributed by atoms with E-state index < -0.39 is 5.97 Å². The van der Waals surface area contributed by atoms with Crippen LogP contribution in [0.2, 0.25) is 0 Å². The van der Waals surface area contributed by atoms with Gasteiger partial charge in [-0.15, -0.1) is 0 Å². The maximum atomic E-state index is 11.1. The molecule has 0 fully saturated rings. The van der Waals surface area contributed by atoms with E-state index in [2.05, 4.69) is 0 Å². The van der Waals surface area contributed by atoms with Crippen molar-refractivity contribution in [2.75, 3.05) is 0 Å². The normalized spacial score (nSPS) is 11.1. The number of hydrogen-bond donors (Lipinski definition) is 0. The summed E-state index contributed by atoms with van der Waals surface area (Å²) in [5.41, 5.74) is 0.0891. The van der Waals surface area contributed by atoms with Gasteiger partial charge in [0.05, 0.1) is 6.10 Å². The molecule has 0 aromatic heterocycles. The van der Waals surface area contributed by atoms with Gasteiger partial charge in [-0.3, -0.25) is 0 Å². The molecule has 0 atom stereocenters. The van der Waals surface area contributed by atoms with Crippen molar-refractivity contribution in [1.29, 1.82) is 5.26 Å². The molecule has 0 amide bonds. The minimum absolute atomic E-state index is 0.0891. The highest BCUT2D eigenvalue weighted by Crippen LogP contribution is 2.01. The lowest BCUT2D eigenvalue weighted by molar-refractivity contribution is -0.142. The monoisotopic (exact) mass is 167 g/mol. The predicted octanol–water partition coefficient (Wildman–Crippen LogP) is 1.80. The van der Waals surface area contributed by atoms with E-state index in [0.29, 0.717) is 6.42 Å². The molecule has 0 saturated carbocycles.